The van der Waals surface area contributed by atoms with Crippen molar-refractivity contribution < 1.29 is 4.39 Å². The number of halogens is 3. The van der Waals surface area contributed by atoms with Crippen LogP contribution in [0.2, 0.25) is 10.0 Å². The van der Waals surface area contributed by atoms with Gasteiger partial charge in [-0.15, -0.1) is 10.2 Å². The second-order valence-corrected chi connectivity index (χ2v) is 6.91. The lowest BCUT2D eigenvalue weighted by Crippen LogP contribution is -2.13. The molecular weight excluding hydrogens is 398 g/mol. The van der Waals surface area contributed by atoms with E-state index in [1.807, 2.05) is 0 Å². The van der Waals surface area contributed by atoms with Crippen molar-refractivity contribution in [3.05, 3.63) is 69.5 Å². The van der Waals surface area contributed by atoms with Crippen LogP contribution in [-0.2, 0) is 5.75 Å². The Morgan fingerprint density at radius 2 is 1.96 bits per heavy atom. The van der Waals surface area contributed by atoms with E-state index in [0.717, 1.165) is 5.56 Å². The Hall–Kier alpha value is -2.29. The maximum absolute atomic E-state index is 12.9. The SMILES string of the molecule is Nn1c(N/N=C/c2ccc(Cl)cc2Cl)nnc1SCc1ccc(F)cc1. The highest BCUT2D eigenvalue weighted by molar-refractivity contribution is 7.98. The van der Waals surface area contributed by atoms with E-state index in [0.29, 0.717) is 26.5 Å². The van der Waals surface area contributed by atoms with Gasteiger partial charge >= 0.3 is 0 Å². The van der Waals surface area contributed by atoms with Crippen LogP contribution in [0.25, 0.3) is 0 Å². The fourth-order valence-electron chi connectivity index (χ4n) is 1.95. The number of nitrogens with zero attached hydrogens (tertiary/aromatic N) is 4. The smallest absolute Gasteiger partial charge is 0.264 e. The monoisotopic (exact) mass is 410 g/mol. The van der Waals surface area contributed by atoms with Crippen molar-refractivity contribution in [3.63, 3.8) is 0 Å². The first kappa shape index (κ1) is 18.5. The number of rotatable bonds is 6. The van der Waals surface area contributed by atoms with Gasteiger partial charge < -0.3 is 5.84 Å². The van der Waals surface area contributed by atoms with Crippen LogP contribution in [0.4, 0.5) is 10.3 Å². The van der Waals surface area contributed by atoms with Gasteiger partial charge in [-0.25, -0.2) is 14.5 Å². The lowest BCUT2D eigenvalue weighted by molar-refractivity contribution is 0.627. The second kappa shape index (κ2) is 8.39. The molecule has 134 valence electrons. The molecule has 3 rings (SSSR count). The summed E-state index contributed by atoms with van der Waals surface area (Å²) >= 11 is 13.3. The van der Waals surface area contributed by atoms with Crippen LogP contribution >= 0.6 is 35.0 Å². The molecule has 0 radical (unpaired) electrons. The molecule has 10 heteroatoms. The van der Waals surface area contributed by atoms with Gasteiger partial charge in [0.2, 0.25) is 5.16 Å². The molecule has 0 unspecified atom stereocenters. The first-order valence-corrected chi connectivity index (χ1v) is 9.09. The molecule has 6 nitrogen and oxygen atoms in total. The minimum absolute atomic E-state index is 0.271. The average molecular weight is 411 g/mol. The van der Waals surface area contributed by atoms with Crippen molar-refractivity contribution in [2.24, 2.45) is 5.10 Å². The van der Waals surface area contributed by atoms with Gasteiger partial charge in [-0.3, -0.25) is 0 Å². The lowest BCUT2D eigenvalue weighted by atomic mass is 10.2. The highest BCUT2D eigenvalue weighted by Crippen LogP contribution is 2.22. The van der Waals surface area contributed by atoms with E-state index >= 15 is 0 Å². The van der Waals surface area contributed by atoms with Crippen LogP contribution in [0.15, 0.2) is 52.7 Å². The summed E-state index contributed by atoms with van der Waals surface area (Å²) in [4.78, 5) is 0. The van der Waals surface area contributed by atoms with E-state index < -0.39 is 0 Å². The summed E-state index contributed by atoms with van der Waals surface area (Å²) in [6, 6.07) is 11.3. The highest BCUT2D eigenvalue weighted by Gasteiger charge is 2.10. The van der Waals surface area contributed by atoms with E-state index in [9.17, 15) is 4.39 Å². The molecule has 0 aliphatic heterocycles. The Labute approximate surface area is 163 Å². The summed E-state index contributed by atoms with van der Waals surface area (Å²) in [7, 11) is 0. The van der Waals surface area contributed by atoms with Crippen LogP contribution in [0.1, 0.15) is 11.1 Å². The van der Waals surface area contributed by atoms with E-state index in [1.54, 1.807) is 30.3 Å². The Kier molecular flexibility index (Phi) is 5.97. The van der Waals surface area contributed by atoms with Crippen molar-refractivity contribution in [1.82, 2.24) is 14.9 Å². The Balaban J connectivity index is 1.61. The van der Waals surface area contributed by atoms with Gasteiger partial charge in [-0.2, -0.15) is 5.10 Å². The van der Waals surface area contributed by atoms with Crippen molar-refractivity contribution in [2.45, 2.75) is 10.9 Å². The summed E-state index contributed by atoms with van der Waals surface area (Å²) in [5.74, 6) is 6.53. The zero-order valence-corrected chi connectivity index (χ0v) is 15.6. The molecule has 2 aromatic carbocycles. The van der Waals surface area contributed by atoms with Gasteiger partial charge in [-0.1, -0.05) is 53.2 Å². The average Bonchev–Trinajstić information content (AvgIpc) is 2.96. The number of hydrogen-bond donors (Lipinski definition) is 2. The Bertz CT molecular complexity index is 929. The largest absolute Gasteiger partial charge is 0.334 e. The third-order valence-corrected chi connectivity index (χ3v) is 4.85. The van der Waals surface area contributed by atoms with Crippen molar-refractivity contribution >= 4 is 47.1 Å². The van der Waals surface area contributed by atoms with Crippen LogP contribution in [0, 0.1) is 5.82 Å². The minimum Gasteiger partial charge on any atom is -0.334 e. The van der Waals surface area contributed by atoms with E-state index in [-0.39, 0.29) is 11.8 Å². The molecule has 0 bridgehead atoms. The van der Waals surface area contributed by atoms with Crippen molar-refractivity contribution in [1.29, 1.82) is 0 Å². The van der Waals surface area contributed by atoms with Crippen molar-refractivity contribution in [2.75, 3.05) is 11.3 Å². The van der Waals surface area contributed by atoms with E-state index in [1.165, 1.54) is 34.8 Å². The number of nitrogens with one attached hydrogen (secondary N) is 1. The summed E-state index contributed by atoms with van der Waals surface area (Å²) in [5, 5.41) is 13.5. The molecule has 26 heavy (non-hydrogen) atoms. The molecule has 1 heterocycles. The number of hydrazone groups is 1. The number of aromatic nitrogens is 3. The number of benzene rings is 2. The fourth-order valence-corrected chi connectivity index (χ4v) is 3.22. The second-order valence-electron chi connectivity index (χ2n) is 5.13. The Morgan fingerprint density at radius 3 is 2.69 bits per heavy atom. The molecule has 0 saturated heterocycles. The first-order chi connectivity index (χ1) is 12.5. The quantitative estimate of drug-likeness (QED) is 0.275. The molecule has 0 aliphatic carbocycles. The van der Waals surface area contributed by atoms with Gasteiger partial charge in [-0.05, 0) is 29.8 Å². The molecule has 0 aliphatic rings. The number of thioether (sulfide) groups is 1. The summed E-state index contributed by atoms with van der Waals surface area (Å²) in [6.45, 7) is 0. The molecule has 0 fully saturated rings. The van der Waals surface area contributed by atoms with E-state index in [2.05, 4.69) is 20.7 Å². The summed E-state index contributed by atoms with van der Waals surface area (Å²) in [6.07, 6.45) is 1.53. The maximum atomic E-state index is 12.9. The third-order valence-electron chi connectivity index (χ3n) is 3.28. The molecule has 0 atom stereocenters. The third kappa shape index (κ3) is 4.66. The predicted molar refractivity (Wildman–Crippen MR) is 104 cm³/mol. The lowest BCUT2D eigenvalue weighted by Gasteiger charge is -2.03. The predicted octanol–water partition coefficient (Wildman–Crippen LogP) is 4.18. The van der Waals surface area contributed by atoms with Gasteiger partial charge in [0.15, 0.2) is 0 Å². The minimum atomic E-state index is -0.272. The van der Waals surface area contributed by atoms with Gasteiger partial charge in [0.1, 0.15) is 5.82 Å². The van der Waals surface area contributed by atoms with Crippen LogP contribution < -0.4 is 11.3 Å². The number of hydrogen-bond acceptors (Lipinski definition) is 6. The van der Waals surface area contributed by atoms with Gasteiger partial charge in [0.05, 0.1) is 11.2 Å². The van der Waals surface area contributed by atoms with Crippen LogP contribution in [0.3, 0.4) is 0 Å². The molecule has 3 aromatic rings. The zero-order valence-electron chi connectivity index (χ0n) is 13.2. The van der Waals surface area contributed by atoms with Crippen LogP contribution in [-0.4, -0.2) is 21.1 Å². The first-order valence-electron chi connectivity index (χ1n) is 7.35. The molecular formula is C16H13Cl2FN6S. The van der Waals surface area contributed by atoms with Crippen molar-refractivity contribution in [3.8, 4) is 0 Å². The molecule has 3 N–H and O–H groups in total. The standard InChI is InChI=1S/C16H13Cl2FN6S/c17-12-4-3-11(14(18)7-12)8-21-22-15-23-24-16(25(15)20)26-9-10-1-5-13(19)6-2-10/h1-8H,9,20H2,(H,22,23)/b21-8+. The Morgan fingerprint density at radius 1 is 1.19 bits per heavy atom. The number of anilines is 1. The summed E-state index contributed by atoms with van der Waals surface area (Å²) < 4.78 is 14.2. The maximum Gasteiger partial charge on any atom is 0.264 e. The number of nitrogen functional groups attached to an aromatic ring is 1. The van der Waals surface area contributed by atoms with E-state index in [4.69, 9.17) is 29.0 Å². The normalized spacial score (nSPS) is 11.2. The highest BCUT2D eigenvalue weighted by atomic mass is 35.5. The molecule has 0 saturated carbocycles. The van der Waals surface area contributed by atoms with Gasteiger partial charge in [0.25, 0.3) is 5.95 Å². The van der Waals surface area contributed by atoms with Gasteiger partial charge in [0, 0.05) is 16.3 Å². The molecule has 0 amide bonds. The number of nitrogens with two attached hydrogens (primary N) is 1. The zero-order chi connectivity index (χ0) is 18.5. The topological polar surface area (TPSA) is 81.1 Å². The molecule has 0 spiro atoms. The van der Waals surface area contributed by atoms with Crippen LogP contribution in [0.5, 0.6) is 0 Å². The fraction of sp³-hybridized carbons (Fsp3) is 0.0625. The molecule has 1 aromatic heterocycles. The summed E-state index contributed by atoms with van der Waals surface area (Å²) in [5.41, 5.74) is 4.35.